The first kappa shape index (κ1) is 20.2. The number of methoxy groups -OCH3 is 1. The Morgan fingerprint density at radius 3 is 2.41 bits per heavy atom. The Kier molecular flexibility index (Phi) is 6.67. The van der Waals surface area contributed by atoms with Gasteiger partial charge in [0, 0.05) is 17.8 Å². The SMILES string of the molecule is COc1cccc(NC(=O)COc2ccc(C(=O)OCC(=O)NC3CC3)cc2)c1. The van der Waals surface area contributed by atoms with Gasteiger partial charge in [-0.3, -0.25) is 9.59 Å². The molecule has 152 valence electrons. The van der Waals surface area contributed by atoms with Crippen LogP contribution in [-0.2, 0) is 14.3 Å². The molecule has 0 aromatic heterocycles. The molecule has 1 saturated carbocycles. The molecule has 0 aliphatic heterocycles. The van der Waals surface area contributed by atoms with E-state index >= 15 is 0 Å². The number of esters is 1. The summed E-state index contributed by atoms with van der Waals surface area (Å²) in [6.45, 7) is -0.500. The predicted octanol–water partition coefficient (Wildman–Crippen LogP) is 2.15. The molecule has 1 aliphatic rings. The van der Waals surface area contributed by atoms with Gasteiger partial charge in [-0.25, -0.2) is 4.79 Å². The highest BCUT2D eigenvalue weighted by atomic mass is 16.5. The lowest BCUT2D eigenvalue weighted by molar-refractivity contribution is -0.124. The smallest absolute Gasteiger partial charge is 0.338 e. The third kappa shape index (κ3) is 6.53. The number of nitrogens with one attached hydrogen (secondary N) is 2. The van der Waals surface area contributed by atoms with Crippen molar-refractivity contribution in [2.75, 3.05) is 25.6 Å². The molecule has 1 aliphatic carbocycles. The largest absolute Gasteiger partial charge is 0.497 e. The van der Waals surface area contributed by atoms with Crippen molar-refractivity contribution in [2.45, 2.75) is 18.9 Å². The first-order valence-corrected chi connectivity index (χ1v) is 9.17. The highest BCUT2D eigenvalue weighted by molar-refractivity contribution is 5.92. The van der Waals surface area contributed by atoms with E-state index in [-0.39, 0.29) is 36.6 Å². The average Bonchev–Trinajstić information content (AvgIpc) is 3.55. The van der Waals surface area contributed by atoms with Crippen molar-refractivity contribution in [1.82, 2.24) is 5.32 Å². The van der Waals surface area contributed by atoms with Gasteiger partial charge in [-0.2, -0.15) is 0 Å². The van der Waals surface area contributed by atoms with E-state index in [1.165, 1.54) is 12.1 Å². The van der Waals surface area contributed by atoms with Gasteiger partial charge in [0.1, 0.15) is 11.5 Å². The van der Waals surface area contributed by atoms with Crippen LogP contribution in [0.15, 0.2) is 48.5 Å². The normalized spacial score (nSPS) is 12.6. The molecule has 2 aromatic rings. The van der Waals surface area contributed by atoms with Crippen molar-refractivity contribution in [3.05, 3.63) is 54.1 Å². The zero-order chi connectivity index (χ0) is 20.6. The van der Waals surface area contributed by atoms with Crippen LogP contribution in [0, 0.1) is 0 Å². The Morgan fingerprint density at radius 2 is 1.72 bits per heavy atom. The second-order valence-electron chi connectivity index (χ2n) is 6.51. The third-order valence-corrected chi connectivity index (χ3v) is 4.09. The number of benzene rings is 2. The van der Waals surface area contributed by atoms with Crippen molar-refractivity contribution in [1.29, 1.82) is 0 Å². The minimum absolute atomic E-state index is 0.192. The summed E-state index contributed by atoms with van der Waals surface area (Å²) in [7, 11) is 1.55. The molecule has 8 heteroatoms. The fourth-order valence-corrected chi connectivity index (χ4v) is 2.45. The number of anilines is 1. The van der Waals surface area contributed by atoms with Gasteiger partial charge in [-0.1, -0.05) is 6.07 Å². The number of hydrogen-bond acceptors (Lipinski definition) is 6. The fourth-order valence-electron chi connectivity index (χ4n) is 2.45. The van der Waals surface area contributed by atoms with Gasteiger partial charge >= 0.3 is 5.97 Å². The first-order valence-electron chi connectivity index (χ1n) is 9.17. The topological polar surface area (TPSA) is 103 Å². The molecular formula is C21H22N2O6. The van der Waals surface area contributed by atoms with Crippen molar-refractivity contribution in [2.24, 2.45) is 0 Å². The van der Waals surface area contributed by atoms with Gasteiger partial charge in [-0.05, 0) is 49.2 Å². The number of carbonyl (C=O) groups is 3. The van der Waals surface area contributed by atoms with Gasteiger partial charge in [-0.15, -0.1) is 0 Å². The van der Waals surface area contributed by atoms with Crippen LogP contribution in [0.3, 0.4) is 0 Å². The Balaban J connectivity index is 1.42. The molecular weight excluding hydrogens is 376 g/mol. The molecule has 29 heavy (non-hydrogen) atoms. The van der Waals surface area contributed by atoms with Crippen LogP contribution in [-0.4, -0.2) is 44.1 Å². The molecule has 2 N–H and O–H groups in total. The molecule has 3 rings (SSSR count). The monoisotopic (exact) mass is 398 g/mol. The van der Waals surface area contributed by atoms with Crippen LogP contribution in [0.5, 0.6) is 11.5 Å². The number of amides is 2. The molecule has 1 fully saturated rings. The minimum Gasteiger partial charge on any atom is -0.497 e. The lowest BCUT2D eigenvalue weighted by Gasteiger charge is -2.09. The van der Waals surface area contributed by atoms with Crippen molar-refractivity contribution in [3.63, 3.8) is 0 Å². The van der Waals surface area contributed by atoms with Crippen molar-refractivity contribution in [3.8, 4) is 11.5 Å². The van der Waals surface area contributed by atoms with Gasteiger partial charge in [0.25, 0.3) is 11.8 Å². The summed E-state index contributed by atoms with van der Waals surface area (Å²) < 4.78 is 15.5. The van der Waals surface area contributed by atoms with Crippen molar-refractivity contribution >= 4 is 23.5 Å². The summed E-state index contributed by atoms with van der Waals surface area (Å²) >= 11 is 0. The number of ether oxygens (including phenoxy) is 3. The average molecular weight is 398 g/mol. The summed E-state index contributed by atoms with van der Waals surface area (Å²) in [4.78, 5) is 35.5. The van der Waals surface area contributed by atoms with Crippen LogP contribution < -0.4 is 20.1 Å². The second kappa shape index (κ2) is 9.59. The molecule has 0 unspecified atom stereocenters. The number of rotatable bonds is 9. The van der Waals surface area contributed by atoms with Crippen LogP contribution in [0.2, 0.25) is 0 Å². The van der Waals surface area contributed by atoms with Crippen molar-refractivity contribution < 1.29 is 28.6 Å². The van der Waals surface area contributed by atoms with E-state index < -0.39 is 5.97 Å². The van der Waals surface area contributed by atoms with Crippen LogP contribution in [0.1, 0.15) is 23.2 Å². The molecule has 2 amide bonds. The van der Waals surface area contributed by atoms with Crippen LogP contribution in [0.25, 0.3) is 0 Å². The molecule has 0 saturated heterocycles. The molecule has 2 aromatic carbocycles. The molecule has 0 bridgehead atoms. The molecule has 8 nitrogen and oxygen atoms in total. The van der Waals surface area contributed by atoms with Gasteiger partial charge < -0.3 is 24.8 Å². The van der Waals surface area contributed by atoms with E-state index in [4.69, 9.17) is 14.2 Å². The maximum absolute atomic E-state index is 12.0. The van der Waals surface area contributed by atoms with E-state index in [9.17, 15) is 14.4 Å². The highest BCUT2D eigenvalue weighted by Crippen LogP contribution is 2.19. The lowest BCUT2D eigenvalue weighted by atomic mass is 10.2. The van der Waals surface area contributed by atoms with E-state index in [1.54, 1.807) is 43.5 Å². The summed E-state index contributed by atoms with van der Waals surface area (Å²) in [5, 5.41) is 5.45. The first-order chi connectivity index (χ1) is 14.0. The fraction of sp³-hybridized carbons (Fsp3) is 0.286. The summed E-state index contributed by atoms with van der Waals surface area (Å²) in [5.74, 6) is -0.172. The number of carbonyl (C=O) groups excluding carboxylic acids is 3. The zero-order valence-electron chi connectivity index (χ0n) is 16.0. The summed E-state index contributed by atoms with van der Waals surface area (Å²) in [6, 6.07) is 13.3. The summed E-state index contributed by atoms with van der Waals surface area (Å²) in [6.07, 6.45) is 1.94. The van der Waals surface area contributed by atoms with Gasteiger partial charge in [0.2, 0.25) is 0 Å². The predicted molar refractivity (Wildman–Crippen MR) is 105 cm³/mol. The maximum atomic E-state index is 12.0. The quantitative estimate of drug-likeness (QED) is 0.628. The summed E-state index contributed by atoms with van der Waals surface area (Å²) in [5.41, 5.74) is 0.888. The van der Waals surface area contributed by atoms with Gasteiger partial charge in [0.05, 0.1) is 12.7 Å². The molecule has 0 radical (unpaired) electrons. The number of hydrogen-bond donors (Lipinski definition) is 2. The Labute approximate surface area is 168 Å². The Bertz CT molecular complexity index is 877. The highest BCUT2D eigenvalue weighted by Gasteiger charge is 2.23. The third-order valence-electron chi connectivity index (χ3n) is 4.09. The molecule has 0 spiro atoms. The van der Waals surface area contributed by atoms with Crippen LogP contribution >= 0.6 is 0 Å². The maximum Gasteiger partial charge on any atom is 0.338 e. The van der Waals surface area contributed by atoms with E-state index in [1.807, 2.05) is 0 Å². The van der Waals surface area contributed by atoms with E-state index in [0.717, 1.165) is 12.8 Å². The Hall–Kier alpha value is -3.55. The van der Waals surface area contributed by atoms with Crippen LogP contribution in [0.4, 0.5) is 5.69 Å². The Morgan fingerprint density at radius 1 is 0.966 bits per heavy atom. The molecule has 0 atom stereocenters. The van der Waals surface area contributed by atoms with E-state index in [0.29, 0.717) is 17.2 Å². The van der Waals surface area contributed by atoms with Gasteiger partial charge in [0.15, 0.2) is 13.2 Å². The second-order valence-corrected chi connectivity index (χ2v) is 6.51. The lowest BCUT2D eigenvalue weighted by Crippen LogP contribution is -2.30. The zero-order valence-corrected chi connectivity index (χ0v) is 16.0. The van der Waals surface area contributed by atoms with E-state index in [2.05, 4.69) is 10.6 Å². The molecule has 0 heterocycles. The minimum atomic E-state index is -0.599. The standard InChI is InChI=1S/C21H22N2O6/c1-27-18-4-2-3-16(11-18)23-19(24)12-28-17-9-5-14(6-10-17)21(26)29-13-20(25)22-15-7-8-15/h2-6,9-11,15H,7-8,12-13H2,1H3,(H,22,25)(H,23,24).